The summed E-state index contributed by atoms with van der Waals surface area (Å²) < 4.78 is 68.8. The number of halogens is 3. The quantitative estimate of drug-likeness (QED) is 0.592. The van der Waals surface area contributed by atoms with Crippen LogP contribution in [0.4, 0.5) is 18.9 Å². The molecule has 1 amide bonds. The van der Waals surface area contributed by atoms with E-state index in [9.17, 15) is 31.2 Å². The molecule has 1 atom stereocenters. The highest BCUT2D eigenvalue weighted by molar-refractivity contribution is 7.89. The summed E-state index contributed by atoms with van der Waals surface area (Å²) >= 11 is 0. The zero-order valence-corrected chi connectivity index (χ0v) is 17.5. The first-order valence-corrected chi connectivity index (χ1v) is 10.6. The summed E-state index contributed by atoms with van der Waals surface area (Å²) in [7, 11) is -2.26. The normalized spacial score (nSPS) is 12.8. The van der Waals surface area contributed by atoms with Gasteiger partial charge in [0.15, 0.2) is 6.10 Å². The fraction of sp³-hybridized carbons (Fsp3) is 0.300. The van der Waals surface area contributed by atoms with Crippen molar-refractivity contribution in [2.45, 2.75) is 36.9 Å². The molecule has 0 bridgehead atoms. The van der Waals surface area contributed by atoms with Gasteiger partial charge in [-0.15, -0.1) is 0 Å². The number of nitrogens with one attached hydrogen (secondary N) is 2. The second-order valence-electron chi connectivity index (χ2n) is 6.55. The fourth-order valence-electron chi connectivity index (χ4n) is 2.53. The topological polar surface area (TPSA) is 102 Å². The first-order chi connectivity index (χ1) is 14.4. The van der Waals surface area contributed by atoms with Crippen LogP contribution in [0.3, 0.4) is 0 Å². The zero-order valence-electron chi connectivity index (χ0n) is 16.7. The van der Waals surface area contributed by atoms with Gasteiger partial charge in [-0.25, -0.2) is 13.1 Å². The van der Waals surface area contributed by atoms with Gasteiger partial charge < -0.3 is 10.1 Å². The fourth-order valence-corrected chi connectivity index (χ4v) is 3.26. The molecule has 168 valence electrons. The Bertz CT molecular complexity index is 1040. The summed E-state index contributed by atoms with van der Waals surface area (Å²) in [6.07, 6.45) is -5.58. The summed E-state index contributed by atoms with van der Waals surface area (Å²) in [5.41, 5.74) is -0.295. The molecule has 11 heteroatoms. The molecule has 0 aromatic heterocycles. The number of anilines is 1. The lowest BCUT2D eigenvalue weighted by Gasteiger charge is -2.14. The van der Waals surface area contributed by atoms with E-state index in [0.29, 0.717) is 5.56 Å². The summed E-state index contributed by atoms with van der Waals surface area (Å²) in [5, 5.41) is 2.28. The van der Waals surface area contributed by atoms with Gasteiger partial charge in [-0.05, 0) is 56.3 Å². The molecule has 0 saturated heterocycles. The summed E-state index contributed by atoms with van der Waals surface area (Å²) in [5.74, 6) is -1.45. The van der Waals surface area contributed by atoms with Crippen molar-refractivity contribution in [3.63, 3.8) is 0 Å². The molecule has 31 heavy (non-hydrogen) atoms. The summed E-state index contributed by atoms with van der Waals surface area (Å²) in [4.78, 5) is 24.2. The van der Waals surface area contributed by atoms with Gasteiger partial charge in [-0.2, -0.15) is 13.2 Å². The van der Waals surface area contributed by atoms with Crippen molar-refractivity contribution in [3.05, 3.63) is 59.7 Å². The van der Waals surface area contributed by atoms with Crippen molar-refractivity contribution in [1.29, 1.82) is 0 Å². The molecule has 0 aliphatic heterocycles. The van der Waals surface area contributed by atoms with Gasteiger partial charge in [0.2, 0.25) is 10.0 Å². The molecule has 2 aromatic rings. The molecule has 0 aliphatic rings. The maximum Gasteiger partial charge on any atom is 0.416 e. The van der Waals surface area contributed by atoms with Crippen molar-refractivity contribution in [1.82, 2.24) is 4.72 Å². The van der Waals surface area contributed by atoms with Crippen molar-refractivity contribution in [2.75, 3.05) is 12.4 Å². The molecule has 0 saturated carbocycles. The van der Waals surface area contributed by atoms with Crippen LogP contribution in [-0.2, 0) is 36.9 Å². The van der Waals surface area contributed by atoms with E-state index < -0.39 is 39.7 Å². The van der Waals surface area contributed by atoms with Crippen LogP contribution >= 0.6 is 0 Å². The average Bonchev–Trinajstić information content (AvgIpc) is 2.72. The predicted molar refractivity (Wildman–Crippen MR) is 107 cm³/mol. The Labute approximate surface area is 177 Å². The molecule has 2 N–H and O–H groups in total. The number of sulfonamides is 1. The number of benzene rings is 2. The number of ether oxygens (including phenoxy) is 1. The van der Waals surface area contributed by atoms with Crippen LogP contribution in [0.1, 0.15) is 24.5 Å². The van der Waals surface area contributed by atoms with E-state index >= 15 is 0 Å². The third-order valence-electron chi connectivity index (χ3n) is 4.26. The lowest BCUT2D eigenvalue weighted by atomic mass is 10.1. The smallest absolute Gasteiger partial charge is 0.416 e. The lowest BCUT2D eigenvalue weighted by molar-refractivity contribution is -0.153. The zero-order chi connectivity index (χ0) is 23.2. The van der Waals surface area contributed by atoms with Gasteiger partial charge >= 0.3 is 12.1 Å². The Balaban J connectivity index is 1.87. The molecule has 0 radical (unpaired) electrons. The molecule has 0 fully saturated rings. The standard InChI is InChI=1S/C20H21F3N2O5S/c1-13(19(27)25-16-5-3-4-15(12-16)20(21,22)23)30-18(26)11-8-14-6-9-17(10-7-14)31(28,29)24-2/h3-7,9-10,12-13,24H,8,11H2,1-2H3,(H,25,27). The van der Waals surface area contributed by atoms with Crippen molar-refractivity contribution >= 4 is 27.6 Å². The Kier molecular flexibility index (Phi) is 7.80. The van der Waals surface area contributed by atoms with Crippen LogP contribution in [0.2, 0.25) is 0 Å². The number of esters is 1. The van der Waals surface area contributed by atoms with Gasteiger partial charge in [0.05, 0.1) is 10.5 Å². The summed E-state index contributed by atoms with van der Waals surface area (Å²) in [6, 6.07) is 10.0. The maximum absolute atomic E-state index is 12.7. The van der Waals surface area contributed by atoms with Gasteiger partial charge in [0, 0.05) is 12.1 Å². The second-order valence-corrected chi connectivity index (χ2v) is 8.44. The van der Waals surface area contributed by atoms with E-state index in [-0.39, 0.29) is 23.4 Å². The van der Waals surface area contributed by atoms with Crippen LogP contribution in [0.15, 0.2) is 53.4 Å². The van der Waals surface area contributed by atoms with Crippen LogP contribution in [0, 0.1) is 0 Å². The molecule has 0 aliphatic carbocycles. The van der Waals surface area contributed by atoms with E-state index in [1.165, 1.54) is 32.2 Å². The molecule has 1 unspecified atom stereocenters. The molecule has 2 rings (SSSR count). The first-order valence-electron chi connectivity index (χ1n) is 9.12. The third kappa shape index (κ3) is 7.07. The Hall–Kier alpha value is -2.92. The Morgan fingerprint density at radius 3 is 2.32 bits per heavy atom. The van der Waals surface area contributed by atoms with E-state index in [4.69, 9.17) is 4.74 Å². The van der Waals surface area contributed by atoms with Gasteiger partial charge in [-0.3, -0.25) is 9.59 Å². The van der Waals surface area contributed by atoms with E-state index in [1.807, 2.05) is 0 Å². The molecule has 0 heterocycles. The number of amides is 1. The van der Waals surface area contributed by atoms with E-state index in [0.717, 1.165) is 18.2 Å². The number of carbonyl (C=O) groups is 2. The number of alkyl halides is 3. The average molecular weight is 458 g/mol. The first kappa shape index (κ1) is 24.4. The van der Waals surface area contributed by atoms with Crippen LogP contribution in [-0.4, -0.2) is 33.4 Å². The molecular weight excluding hydrogens is 437 g/mol. The Morgan fingerprint density at radius 2 is 1.74 bits per heavy atom. The minimum Gasteiger partial charge on any atom is -0.453 e. The number of aryl methyl sites for hydroxylation is 1. The van der Waals surface area contributed by atoms with Gasteiger partial charge in [0.25, 0.3) is 5.91 Å². The largest absolute Gasteiger partial charge is 0.453 e. The third-order valence-corrected chi connectivity index (χ3v) is 5.69. The SMILES string of the molecule is CNS(=O)(=O)c1ccc(CCC(=O)OC(C)C(=O)Nc2cccc(C(F)(F)F)c2)cc1. The van der Waals surface area contributed by atoms with Crippen molar-refractivity contribution < 1.29 is 35.9 Å². The highest BCUT2D eigenvalue weighted by atomic mass is 32.2. The van der Waals surface area contributed by atoms with Crippen LogP contribution in [0.25, 0.3) is 0 Å². The van der Waals surface area contributed by atoms with Crippen molar-refractivity contribution in [3.8, 4) is 0 Å². The maximum atomic E-state index is 12.7. The monoisotopic (exact) mass is 458 g/mol. The van der Waals surface area contributed by atoms with Gasteiger partial charge in [-0.1, -0.05) is 18.2 Å². The molecule has 2 aromatic carbocycles. The van der Waals surface area contributed by atoms with Gasteiger partial charge in [0.1, 0.15) is 0 Å². The highest BCUT2D eigenvalue weighted by Crippen LogP contribution is 2.30. The number of hydrogen-bond acceptors (Lipinski definition) is 5. The summed E-state index contributed by atoms with van der Waals surface area (Å²) in [6.45, 7) is 1.30. The molecule has 7 nitrogen and oxygen atoms in total. The number of carbonyl (C=O) groups excluding carboxylic acids is 2. The van der Waals surface area contributed by atoms with E-state index in [2.05, 4.69) is 10.0 Å². The highest BCUT2D eigenvalue weighted by Gasteiger charge is 2.30. The molecule has 0 spiro atoms. The van der Waals surface area contributed by atoms with Crippen LogP contribution in [0.5, 0.6) is 0 Å². The number of rotatable bonds is 8. The lowest BCUT2D eigenvalue weighted by Crippen LogP contribution is -2.30. The van der Waals surface area contributed by atoms with Crippen molar-refractivity contribution in [2.24, 2.45) is 0 Å². The second kappa shape index (κ2) is 9.92. The van der Waals surface area contributed by atoms with E-state index in [1.54, 1.807) is 12.1 Å². The Morgan fingerprint density at radius 1 is 1.10 bits per heavy atom. The minimum atomic E-state index is -4.55. The predicted octanol–water partition coefficient (Wildman–Crippen LogP) is 3.12. The van der Waals surface area contributed by atoms with Crippen LogP contribution < -0.4 is 10.0 Å². The molecular formula is C20H21F3N2O5S. The minimum absolute atomic E-state index is 0.0701. The number of hydrogen-bond donors (Lipinski definition) is 2.